The van der Waals surface area contributed by atoms with Gasteiger partial charge in [0.25, 0.3) is 0 Å². The van der Waals surface area contributed by atoms with E-state index in [2.05, 4.69) is 32.9 Å². The van der Waals surface area contributed by atoms with Crippen molar-refractivity contribution >= 4 is 44.6 Å². The smallest absolute Gasteiger partial charge is 0.135 e. The number of benzene rings is 7. The fraction of sp³-hybridized carbons (Fsp3) is 0.200. The number of fused-ring (bicyclic) bond motifs is 4. The molecule has 6 heteroatoms. The zero-order chi connectivity index (χ0) is 55.7. The van der Waals surface area contributed by atoms with E-state index < -0.39 is 41.0 Å². The zero-order valence-electron chi connectivity index (χ0n) is 50.3. The Kier molecular flexibility index (Phi) is 8.36. The molecule has 334 valence electrons. The van der Waals surface area contributed by atoms with Crippen molar-refractivity contribution in [1.82, 2.24) is 9.55 Å². The molecule has 0 bridgehead atoms. The normalized spacial score (nSPS) is 15.5. The van der Waals surface area contributed by atoms with Crippen molar-refractivity contribution in [2.75, 3.05) is 9.80 Å². The maximum absolute atomic E-state index is 9.88. The maximum Gasteiger partial charge on any atom is 0.135 e. The Bertz CT molecular complexity index is 3880. The molecule has 0 N–H and O–H groups in total. The minimum Gasteiger partial charge on any atom is -0.509 e. The molecule has 5 nitrogen and oxygen atoms in total. The molecule has 1 aliphatic rings. The van der Waals surface area contributed by atoms with E-state index in [4.69, 9.17) is 19.3 Å². The molecule has 0 saturated heterocycles. The SMILES string of the molecule is [2H]c1c([2H])c([2H])c(-c2cccc(-c3c([2H])c(C(C)(C)C)c([2H])c(C(C)(C)C)c3[2H])c2N2[CH-]N(c3[c-]c(Oc4[c-]c5c(cc4)c4c([2H])c([2H])c([2H])c([2H])c4n5-c4cc(C(C)(C)C)ccn4)ccc3)c3ccccc32)c([2H])c1[2H].[Pt]. The topological polar surface area (TPSA) is 33.5 Å². The van der Waals surface area contributed by atoms with Crippen molar-refractivity contribution in [3.8, 4) is 39.6 Å². The van der Waals surface area contributed by atoms with E-state index in [0.717, 1.165) is 5.56 Å². The van der Waals surface area contributed by atoms with Gasteiger partial charge in [0.2, 0.25) is 0 Å². The second kappa shape index (κ2) is 17.1. The molecule has 7 aromatic carbocycles. The molecule has 0 fully saturated rings. The molecule has 66 heavy (non-hydrogen) atoms. The summed E-state index contributed by atoms with van der Waals surface area (Å²) in [6.45, 7) is 19.6. The summed E-state index contributed by atoms with van der Waals surface area (Å²) in [5.41, 5.74) is 3.87. The van der Waals surface area contributed by atoms with Gasteiger partial charge in [0.05, 0.1) is 16.4 Å². The number of hydrogen-bond acceptors (Lipinski definition) is 4. The van der Waals surface area contributed by atoms with Crippen LogP contribution in [0.3, 0.4) is 0 Å². The summed E-state index contributed by atoms with van der Waals surface area (Å²) in [5.74, 6) is 1.01. The summed E-state index contributed by atoms with van der Waals surface area (Å²) in [5, 5.41) is 0.853. The Labute approximate surface area is 421 Å². The molecular formula is C60H55N4OPt-3. The first kappa shape index (κ1) is 32.3. The van der Waals surface area contributed by atoms with E-state index in [9.17, 15) is 6.85 Å². The predicted octanol–water partition coefficient (Wildman–Crippen LogP) is 16.2. The van der Waals surface area contributed by atoms with Crippen LogP contribution in [0.5, 0.6) is 11.5 Å². The molecule has 3 heterocycles. The van der Waals surface area contributed by atoms with Gasteiger partial charge in [0.15, 0.2) is 0 Å². The van der Waals surface area contributed by atoms with Crippen LogP contribution in [0, 0.1) is 18.8 Å². The first-order valence-electron chi connectivity index (χ1n) is 27.6. The van der Waals surface area contributed by atoms with Gasteiger partial charge in [0, 0.05) is 72.5 Å². The van der Waals surface area contributed by atoms with E-state index in [1.165, 1.54) is 0 Å². The van der Waals surface area contributed by atoms with Crippen molar-refractivity contribution in [2.45, 2.75) is 78.6 Å². The van der Waals surface area contributed by atoms with Gasteiger partial charge in [-0.25, -0.2) is 4.98 Å². The number of pyridine rings is 1. The van der Waals surface area contributed by atoms with Gasteiger partial charge >= 0.3 is 0 Å². The van der Waals surface area contributed by atoms with E-state index in [-0.39, 0.29) is 96.7 Å². The average Bonchev–Trinajstić information content (AvgIpc) is 4.14. The predicted molar refractivity (Wildman–Crippen MR) is 271 cm³/mol. The summed E-state index contributed by atoms with van der Waals surface area (Å²) in [6, 6.07) is 28.7. The monoisotopic (exact) mass is 1050 g/mol. The van der Waals surface area contributed by atoms with Crippen molar-refractivity contribution in [3.63, 3.8) is 0 Å². The molecule has 0 spiro atoms. The van der Waals surface area contributed by atoms with Gasteiger partial charge in [-0.3, -0.25) is 0 Å². The van der Waals surface area contributed by atoms with Gasteiger partial charge in [0.1, 0.15) is 5.82 Å². The van der Waals surface area contributed by atoms with Crippen molar-refractivity contribution < 1.29 is 42.3 Å². The third kappa shape index (κ3) is 8.35. The number of hydrogen-bond donors (Lipinski definition) is 0. The second-order valence-electron chi connectivity index (χ2n) is 19.3. The van der Waals surface area contributed by atoms with Crippen molar-refractivity contribution in [1.29, 1.82) is 0 Å². The Balaban J connectivity index is 0.00000740. The minimum atomic E-state index is -0.694. The van der Waals surface area contributed by atoms with Crippen LogP contribution in [-0.4, -0.2) is 9.55 Å². The van der Waals surface area contributed by atoms with Gasteiger partial charge in [-0.2, -0.15) is 12.1 Å². The Morgan fingerprint density at radius 2 is 1.20 bits per heavy atom. The molecule has 0 aliphatic carbocycles. The number of aromatic nitrogens is 2. The summed E-state index contributed by atoms with van der Waals surface area (Å²) >= 11 is 0. The van der Waals surface area contributed by atoms with Gasteiger partial charge in [-0.15, -0.1) is 48.1 Å². The standard InChI is InChI=1S/C60H55N4O.Pt/c1-58(2,3)42-31-32-61-56(36-42)64-52-26-14-13-23-50(52)51-30-29-47(38-55(51)64)65-46-22-17-21-45(37-46)62-39-63(54-28-16-15-27-53(54)62)57-48(40-19-11-10-12-20-40)24-18-25-49(57)41-33-43(59(4,5)6)35-44(34-41)60(7,8)9;/h10-36,39H,1-9H3;/q-3;/i10D,11D,12D,13D,14D,19D,20D,23D,26D,33D,34D,35D;. The fourth-order valence-electron chi connectivity index (χ4n) is 8.10. The van der Waals surface area contributed by atoms with E-state index in [1.54, 1.807) is 59.9 Å². The molecule has 0 saturated carbocycles. The molecule has 0 radical (unpaired) electrons. The third-order valence-electron chi connectivity index (χ3n) is 11.6. The third-order valence-corrected chi connectivity index (χ3v) is 11.6. The second-order valence-corrected chi connectivity index (χ2v) is 19.3. The summed E-state index contributed by atoms with van der Waals surface area (Å²) in [7, 11) is 0. The van der Waals surface area contributed by atoms with Crippen LogP contribution in [0.2, 0.25) is 0 Å². The van der Waals surface area contributed by atoms with Crippen LogP contribution < -0.4 is 14.5 Å². The number of anilines is 4. The minimum absolute atomic E-state index is 0. The van der Waals surface area contributed by atoms with Crippen molar-refractivity contribution in [3.05, 3.63) is 199 Å². The summed E-state index contributed by atoms with van der Waals surface area (Å²) < 4.78 is 117. The van der Waals surface area contributed by atoms with Crippen LogP contribution in [0.1, 0.15) is 95.5 Å². The van der Waals surface area contributed by atoms with Gasteiger partial charge in [-0.1, -0.05) is 165 Å². The van der Waals surface area contributed by atoms with E-state index in [0.29, 0.717) is 67.3 Å². The molecule has 0 atom stereocenters. The maximum atomic E-state index is 9.88. The number of nitrogens with zero attached hydrogens (tertiary/aromatic N) is 4. The molecule has 2 aromatic heterocycles. The number of ether oxygens (including phenoxy) is 1. The van der Waals surface area contributed by atoms with Gasteiger partial charge in [-0.05, 0) is 79.8 Å². The molecule has 9 aromatic rings. The van der Waals surface area contributed by atoms with Crippen molar-refractivity contribution in [2.24, 2.45) is 0 Å². The van der Waals surface area contributed by atoms with Crippen LogP contribution in [-0.2, 0) is 37.3 Å². The molecular weight excluding hydrogens is 988 g/mol. The molecule has 10 rings (SSSR count). The zero-order valence-corrected chi connectivity index (χ0v) is 40.5. The van der Waals surface area contributed by atoms with Crippen LogP contribution in [0.4, 0.5) is 22.7 Å². The number of para-hydroxylation sites is 4. The largest absolute Gasteiger partial charge is 0.509 e. The number of rotatable bonds is 7. The quantitative estimate of drug-likeness (QED) is 0.149. The Morgan fingerprint density at radius 3 is 1.89 bits per heavy atom. The molecule has 1 aliphatic heterocycles. The van der Waals surface area contributed by atoms with Crippen LogP contribution >= 0.6 is 0 Å². The fourth-order valence-corrected chi connectivity index (χ4v) is 8.10. The Morgan fingerprint density at radius 1 is 0.576 bits per heavy atom. The molecule has 0 unspecified atom stereocenters. The van der Waals surface area contributed by atoms with Gasteiger partial charge < -0.3 is 19.1 Å². The van der Waals surface area contributed by atoms with Crippen LogP contribution in [0.15, 0.2) is 164 Å². The first-order valence-corrected chi connectivity index (χ1v) is 21.6. The van der Waals surface area contributed by atoms with Crippen LogP contribution in [0.25, 0.3) is 49.9 Å². The molecule has 0 amide bonds. The summed E-state index contributed by atoms with van der Waals surface area (Å²) in [6.07, 6.45) is 1.68. The van der Waals surface area contributed by atoms with E-state index >= 15 is 0 Å². The average molecular weight is 1060 g/mol. The Hall–Kier alpha value is -6.42. The summed E-state index contributed by atoms with van der Waals surface area (Å²) in [4.78, 5) is 8.42. The first-order chi connectivity index (χ1) is 36.1. The van der Waals surface area contributed by atoms with E-state index in [1.807, 2.05) is 93.8 Å².